The number of hydrogen-bond donors (Lipinski definition) is 1. The van der Waals surface area contributed by atoms with Crippen LogP contribution < -0.4 is 5.73 Å². The molecule has 2 unspecified atom stereocenters. The lowest BCUT2D eigenvalue weighted by atomic mass is 9.80. The van der Waals surface area contributed by atoms with Gasteiger partial charge in [0.15, 0.2) is 0 Å². The minimum Gasteiger partial charge on any atom is -0.320 e. The fourth-order valence-corrected chi connectivity index (χ4v) is 3.21. The Bertz CT molecular complexity index is 591. The third kappa shape index (κ3) is 3.21. The largest absolute Gasteiger partial charge is 0.320 e. The van der Waals surface area contributed by atoms with Gasteiger partial charge in [0.05, 0.1) is 11.6 Å². The number of nitrogens with two attached hydrogens (primary N) is 1. The molecule has 22 heavy (non-hydrogen) atoms. The van der Waals surface area contributed by atoms with E-state index in [1.54, 1.807) is 12.1 Å². The highest BCUT2D eigenvalue weighted by molar-refractivity contribution is 5.32. The molecule has 0 aliphatic heterocycles. The molecule has 2 rings (SSSR count). The molecular formula is C19H25FN2. The lowest BCUT2D eigenvalue weighted by molar-refractivity contribution is 0.137. The van der Waals surface area contributed by atoms with Crippen molar-refractivity contribution in [3.8, 4) is 0 Å². The number of likely N-dealkylation sites (N-methyl/N-ethyl adjacent to an activating group) is 1. The van der Waals surface area contributed by atoms with Crippen molar-refractivity contribution in [2.45, 2.75) is 32.4 Å². The van der Waals surface area contributed by atoms with Crippen molar-refractivity contribution < 1.29 is 4.39 Å². The van der Waals surface area contributed by atoms with Crippen molar-refractivity contribution in [2.24, 2.45) is 5.73 Å². The first-order valence-corrected chi connectivity index (χ1v) is 7.85. The quantitative estimate of drug-likeness (QED) is 0.871. The summed E-state index contributed by atoms with van der Waals surface area (Å²) >= 11 is 0. The maximum Gasteiger partial charge on any atom is 0.128 e. The van der Waals surface area contributed by atoms with Gasteiger partial charge in [0.25, 0.3) is 0 Å². The van der Waals surface area contributed by atoms with Crippen molar-refractivity contribution >= 4 is 0 Å². The second-order valence-corrected chi connectivity index (χ2v) is 5.80. The third-order valence-corrected chi connectivity index (χ3v) is 4.32. The number of hydrogen-bond acceptors (Lipinski definition) is 2. The molecule has 0 heterocycles. The summed E-state index contributed by atoms with van der Waals surface area (Å²) in [6, 6.07) is 16.8. The minimum absolute atomic E-state index is 0.0828. The van der Waals surface area contributed by atoms with E-state index in [4.69, 9.17) is 5.73 Å². The molecule has 2 N–H and O–H groups in total. The predicted molar refractivity (Wildman–Crippen MR) is 90.0 cm³/mol. The average molecular weight is 300 g/mol. The van der Waals surface area contributed by atoms with Crippen molar-refractivity contribution in [2.75, 3.05) is 13.1 Å². The van der Waals surface area contributed by atoms with Crippen molar-refractivity contribution in [3.63, 3.8) is 0 Å². The monoisotopic (exact) mass is 300 g/mol. The fourth-order valence-electron chi connectivity index (χ4n) is 3.21. The van der Waals surface area contributed by atoms with E-state index in [-0.39, 0.29) is 11.9 Å². The van der Waals surface area contributed by atoms with Gasteiger partial charge < -0.3 is 5.73 Å². The fraction of sp³-hybridized carbons (Fsp3) is 0.368. The van der Waals surface area contributed by atoms with Gasteiger partial charge in [0.1, 0.15) is 5.82 Å². The summed E-state index contributed by atoms with van der Waals surface area (Å²) in [5.41, 5.74) is 7.53. The van der Waals surface area contributed by atoms with E-state index in [1.165, 1.54) is 6.07 Å². The first kappa shape index (κ1) is 16.7. The molecule has 0 aliphatic carbocycles. The highest BCUT2D eigenvalue weighted by atomic mass is 19.1. The molecule has 0 aromatic heterocycles. The van der Waals surface area contributed by atoms with Crippen LogP contribution in [0.3, 0.4) is 0 Å². The van der Waals surface area contributed by atoms with Crippen LogP contribution in [0.5, 0.6) is 0 Å². The molecule has 0 bridgehead atoms. The maximum atomic E-state index is 14.3. The SMILES string of the molecule is CCN(CC)C(c1ccccc1)C(C)(N)c1ccccc1F. The number of halogens is 1. The Morgan fingerprint density at radius 2 is 1.55 bits per heavy atom. The lowest BCUT2D eigenvalue weighted by Crippen LogP contribution is -2.48. The second kappa shape index (κ2) is 7.03. The van der Waals surface area contributed by atoms with E-state index in [0.717, 1.165) is 18.7 Å². The van der Waals surface area contributed by atoms with Crippen LogP contribution in [-0.2, 0) is 5.54 Å². The smallest absolute Gasteiger partial charge is 0.128 e. The van der Waals surface area contributed by atoms with E-state index in [1.807, 2.05) is 31.2 Å². The summed E-state index contributed by atoms with van der Waals surface area (Å²) in [4.78, 5) is 2.28. The molecule has 0 amide bonds. The van der Waals surface area contributed by atoms with Crippen molar-refractivity contribution in [3.05, 3.63) is 71.5 Å². The molecule has 118 valence electrons. The van der Waals surface area contributed by atoms with E-state index in [0.29, 0.717) is 5.56 Å². The Morgan fingerprint density at radius 3 is 2.09 bits per heavy atom. The van der Waals surface area contributed by atoms with Crippen LogP contribution in [-0.4, -0.2) is 18.0 Å². The van der Waals surface area contributed by atoms with Gasteiger partial charge in [-0.15, -0.1) is 0 Å². The molecule has 0 fully saturated rings. The minimum atomic E-state index is -0.821. The van der Waals surface area contributed by atoms with Crippen molar-refractivity contribution in [1.82, 2.24) is 4.90 Å². The van der Waals surface area contributed by atoms with Gasteiger partial charge in [-0.3, -0.25) is 4.90 Å². The molecule has 0 spiro atoms. The molecule has 0 aliphatic rings. The highest BCUT2D eigenvalue weighted by Gasteiger charge is 2.38. The van der Waals surface area contributed by atoms with Crippen LogP contribution >= 0.6 is 0 Å². The topological polar surface area (TPSA) is 29.3 Å². The Labute approximate surface area is 132 Å². The van der Waals surface area contributed by atoms with Gasteiger partial charge in [-0.25, -0.2) is 4.39 Å². The average Bonchev–Trinajstić information content (AvgIpc) is 2.53. The Kier molecular flexibility index (Phi) is 5.33. The van der Waals surface area contributed by atoms with E-state index in [9.17, 15) is 4.39 Å². The van der Waals surface area contributed by atoms with Crippen molar-refractivity contribution in [1.29, 1.82) is 0 Å². The van der Waals surface area contributed by atoms with Crippen LogP contribution in [0.25, 0.3) is 0 Å². The molecule has 0 saturated carbocycles. The number of benzene rings is 2. The zero-order valence-corrected chi connectivity index (χ0v) is 13.6. The first-order chi connectivity index (χ1) is 10.5. The molecule has 2 aromatic carbocycles. The zero-order chi connectivity index (χ0) is 16.2. The van der Waals surface area contributed by atoms with Gasteiger partial charge in [-0.1, -0.05) is 62.4 Å². The van der Waals surface area contributed by atoms with Gasteiger partial charge in [-0.05, 0) is 31.6 Å². The van der Waals surface area contributed by atoms with Gasteiger partial charge in [0.2, 0.25) is 0 Å². The van der Waals surface area contributed by atoms with Crippen LogP contribution in [0.1, 0.15) is 37.9 Å². The standard InChI is InChI=1S/C19H25FN2/c1-4-22(5-2)18(15-11-7-6-8-12-15)19(3,21)16-13-9-10-14-17(16)20/h6-14,18H,4-5,21H2,1-3H3. The Hall–Kier alpha value is -1.71. The van der Waals surface area contributed by atoms with Gasteiger partial charge >= 0.3 is 0 Å². The van der Waals surface area contributed by atoms with E-state index < -0.39 is 5.54 Å². The molecule has 2 atom stereocenters. The van der Waals surface area contributed by atoms with Crippen LogP contribution in [0.15, 0.2) is 54.6 Å². The van der Waals surface area contributed by atoms with Gasteiger partial charge in [-0.2, -0.15) is 0 Å². The van der Waals surface area contributed by atoms with Crippen LogP contribution in [0.2, 0.25) is 0 Å². The zero-order valence-electron chi connectivity index (χ0n) is 13.6. The maximum absolute atomic E-state index is 14.3. The normalized spacial score (nSPS) is 15.5. The third-order valence-electron chi connectivity index (χ3n) is 4.32. The summed E-state index contributed by atoms with van der Waals surface area (Å²) in [5, 5.41) is 0. The summed E-state index contributed by atoms with van der Waals surface area (Å²) in [7, 11) is 0. The van der Waals surface area contributed by atoms with Gasteiger partial charge in [0, 0.05) is 5.56 Å². The summed E-state index contributed by atoms with van der Waals surface area (Å²) in [6.07, 6.45) is 0. The predicted octanol–water partition coefficient (Wildman–Crippen LogP) is 4.08. The van der Waals surface area contributed by atoms with Crippen LogP contribution in [0.4, 0.5) is 4.39 Å². The molecule has 2 aromatic rings. The van der Waals surface area contributed by atoms with E-state index in [2.05, 4.69) is 30.9 Å². The number of rotatable bonds is 6. The van der Waals surface area contributed by atoms with E-state index >= 15 is 0 Å². The molecule has 2 nitrogen and oxygen atoms in total. The molecule has 0 radical (unpaired) electrons. The second-order valence-electron chi connectivity index (χ2n) is 5.80. The summed E-state index contributed by atoms with van der Waals surface area (Å²) < 4.78 is 14.3. The summed E-state index contributed by atoms with van der Waals surface area (Å²) in [5.74, 6) is -0.249. The molecule has 3 heteroatoms. The number of nitrogens with zero attached hydrogens (tertiary/aromatic N) is 1. The molecular weight excluding hydrogens is 275 g/mol. The lowest BCUT2D eigenvalue weighted by Gasteiger charge is -2.42. The highest BCUT2D eigenvalue weighted by Crippen LogP contribution is 2.38. The Morgan fingerprint density at radius 1 is 1.00 bits per heavy atom. The first-order valence-electron chi connectivity index (χ1n) is 7.85. The van der Waals surface area contributed by atoms with Crippen LogP contribution in [0, 0.1) is 5.82 Å². The Balaban J connectivity index is 2.55. The molecule has 0 saturated heterocycles. The summed E-state index contributed by atoms with van der Waals surface area (Å²) in [6.45, 7) is 7.85.